The highest BCUT2D eigenvalue weighted by Crippen LogP contribution is 2.24. The van der Waals surface area contributed by atoms with Gasteiger partial charge >= 0.3 is 0 Å². The van der Waals surface area contributed by atoms with E-state index >= 15 is 0 Å². The smallest absolute Gasteiger partial charge is 0.255 e. The summed E-state index contributed by atoms with van der Waals surface area (Å²) in [5, 5.41) is 15.1. The maximum Gasteiger partial charge on any atom is 0.255 e. The van der Waals surface area contributed by atoms with Crippen molar-refractivity contribution < 1.29 is 24.3 Å². The monoisotopic (exact) mass is 522 g/mol. The van der Waals surface area contributed by atoms with Crippen molar-refractivity contribution in [3.8, 4) is 17.1 Å². The van der Waals surface area contributed by atoms with Gasteiger partial charge in [-0.15, -0.1) is 0 Å². The van der Waals surface area contributed by atoms with Crippen LogP contribution in [0, 0.1) is 6.92 Å². The molecule has 0 saturated heterocycles. The lowest BCUT2D eigenvalue weighted by Gasteiger charge is -2.06. The molecule has 0 spiro atoms. The highest BCUT2D eigenvalue weighted by atomic mass is 16.3. The molecule has 0 aliphatic heterocycles. The van der Waals surface area contributed by atoms with Crippen LogP contribution in [-0.2, 0) is 9.59 Å². The van der Waals surface area contributed by atoms with Crippen LogP contribution >= 0.6 is 0 Å². The van der Waals surface area contributed by atoms with Crippen LogP contribution in [-0.4, -0.2) is 40.5 Å². The molecule has 2 amide bonds. The highest BCUT2D eigenvalue weighted by molar-refractivity contribution is 6.06. The van der Waals surface area contributed by atoms with Gasteiger partial charge < -0.3 is 30.3 Å². The molecule has 5 aromatic rings. The minimum atomic E-state index is -0.262. The van der Waals surface area contributed by atoms with Gasteiger partial charge in [0.2, 0.25) is 0 Å². The Hall–Kier alpha value is -5.57. The fourth-order valence-electron chi connectivity index (χ4n) is 3.66. The molecule has 1 heterocycles. The first kappa shape index (κ1) is 28.0. The lowest BCUT2D eigenvalue weighted by Crippen LogP contribution is -2.11. The van der Waals surface area contributed by atoms with Crippen molar-refractivity contribution >= 4 is 47.8 Å². The minimum absolute atomic E-state index is 0.135. The number of amides is 2. The van der Waals surface area contributed by atoms with Crippen LogP contribution in [0.2, 0.25) is 0 Å². The molecule has 9 nitrogen and oxygen atoms in total. The standard InChI is InChI=1S/C28H22N4O3.2CH2O/c1-17-2-4-19(5-3-17)27(34)29-21-9-6-18(7-10-21)26-31-24-15-8-20(16-25(24)32-26)28(35)30-22-11-13-23(33)14-12-22;2*1-2/h2-16,33H,1H3,(H,29,34)(H,30,35)(H,31,32);2*1H2. The molecule has 0 bridgehead atoms. The third-order valence-electron chi connectivity index (χ3n) is 5.60. The van der Waals surface area contributed by atoms with Crippen LogP contribution in [0.15, 0.2) is 91.0 Å². The van der Waals surface area contributed by atoms with E-state index in [1.54, 1.807) is 42.5 Å². The van der Waals surface area contributed by atoms with E-state index in [0.717, 1.165) is 22.2 Å². The van der Waals surface area contributed by atoms with Crippen molar-refractivity contribution in [2.75, 3.05) is 10.6 Å². The van der Waals surface area contributed by atoms with Gasteiger partial charge in [0.05, 0.1) is 11.0 Å². The molecule has 1 aromatic heterocycles. The topological polar surface area (TPSA) is 141 Å². The second-order valence-corrected chi connectivity index (χ2v) is 8.22. The van der Waals surface area contributed by atoms with Crippen molar-refractivity contribution in [1.82, 2.24) is 9.97 Å². The number of benzene rings is 4. The number of H-pyrrole nitrogens is 1. The van der Waals surface area contributed by atoms with Gasteiger partial charge in [0, 0.05) is 28.1 Å². The van der Waals surface area contributed by atoms with E-state index in [2.05, 4.69) is 20.6 Å². The normalized spacial score (nSPS) is 9.87. The van der Waals surface area contributed by atoms with Gasteiger partial charge in [-0.2, -0.15) is 0 Å². The predicted molar refractivity (Wildman–Crippen MR) is 151 cm³/mol. The summed E-state index contributed by atoms with van der Waals surface area (Å²) in [6, 6.07) is 26.3. The summed E-state index contributed by atoms with van der Waals surface area (Å²) in [5.41, 5.74) is 5.77. The maximum absolute atomic E-state index is 12.6. The lowest BCUT2D eigenvalue weighted by molar-refractivity contribution is -0.0987. The van der Waals surface area contributed by atoms with E-state index < -0.39 is 0 Å². The minimum Gasteiger partial charge on any atom is -0.508 e. The molecule has 9 heteroatoms. The highest BCUT2D eigenvalue weighted by Gasteiger charge is 2.11. The summed E-state index contributed by atoms with van der Waals surface area (Å²) < 4.78 is 0. The molecule has 4 N–H and O–H groups in total. The largest absolute Gasteiger partial charge is 0.508 e. The first-order valence-corrected chi connectivity index (χ1v) is 11.6. The Morgan fingerprint density at radius 3 is 1.82 bits per heavy atom. The summed E-state index contributed by atoms with van der Waals surface area (Å²) in [6.45, 7) is 5.98. The lowest BCUT2D eigenvalue weighted by atomic mass is 10.1. The fraction of sp³-hybridized carbons (Fsp3) is 0.0333. The number of hydrogen-bond donors (Lipinski definition) is 4. The van der Waals surface area contributed by atoms with E-state index in [4.69, 9.17) is 9.59 Å². The number of aromatic amines is 1. The number of phenolic OH excluding ortho intramolecular Hbond substituents is 1. The molecule has 39 heavy (non-hydrogen) atoms. The first-order chi connectivity index (χ1) is 18.9. The molecule has 0 aliphatic rings. The van der Waals surface area contributed by atoms with Gasteiger partial charge in [-0.3, -0.25) is 9.59 Å². The number of hydrogen-bond acceptors (Lipinski definition) is 6. The zero-order chi connectivity index (χ0) is 28.4. The Kier molecular flexibility index (Phi) is 9.42. The third-order valence-corrected chi connectivity index (χ3v) is 5.60. The number of nitrogens with zero attached hydrogens (tertiary/aromatic N) is 1. The Bertz CT molecular complexity index is 1560. The Morgan fingerprint density at radius 1 is 0.718 bits per heavy atom. The van der Waals surface area contributed by atoms with Gasteiger partial charge in [-0.1, -0.05) is 17.7 Å². The number of nitrogens with one attached hydrogen (secondary N) is 3. The maximum atomic E-state index is 12.6. The summed E-state index contributed by atoms with van der Waals surface area (Å²) >= 11 is 0. The zero-order valence-electron chi connectivity index (χ0n) is 21.1. The van der Waals surface area contributed by atoms with Gasteiger partial charge in [-0.05, 0) is 85.8 Å². The number of aromatic hydroxyl groups is 1. The number of fused-ring (bicyclic) bond motifs is 1. The Labute approximate surface area is 224 Å². The predicted octanol–water partition coefficient (Wildman–Crippen LogP) is 5.38. The number of aryl methyl sites for hydroxylation is 1. The molecule has 4 aromatic carbocycles. The molecule has 0 unspecified atom stereocenters. The van der Waals surface area contributed by atoms with Crippen molar-refractivity contribution in [2.45, 2.75) is 6.92 Å². The molecule has 5 rings (SSSR count). The Morgan fingerprint density at radius 2 is 1.23 bits per heavy atom. The number of rotatable bonds is 5. The van der Waals surface area contributed by atoms with Gasteiger partial charge in [-0.25, -0.2) is 4.98 Å². The van der Waals surface area contributed by atoms with E-state index in [9.17, 15) is 14.7 Å². The van der Waals surface area contributed by atoms with Crippen molar-refractivity contribution in [3.05, 3.63) is 108 Å². The van der Waals surface area contributed by atoms with Crippen LogP contribution in [0.4, 0.5) is 11.4 Å². The molecule has 196 valence electrons. The van der Waals surface area contributed by atoms with Crippen LogP contribution in [0.3, 0.4) is 0 Å². The van der Waals surface area contributed by atoms with Gasteiger partial charge in [0.15, 0.2) is 0 Å². The number of aromatic nitrogens is 2. The molecule has 0 aliphatic carbocycles. The number of imidazole rings is 1. The molecule has 0 fully saturated rings. The molecule has 0 saturated carbocycles. The first-order valence-electron chi connectivity index (χ1n) is 11.6. The van der Waals surface area contributed by atoms with Crippen LogP contribution in [0.5, 0.6) is 5.75 Å². The van der Waals surface area contributed by atoms with E-state index in [1.807, 2.05) is 56.9 Å². The zero-order valence-corrected chi connectivity index (χ0v) is 21.1. The summed E-state index contributed by atoms with van der Waals surface area (Å²) in [5.74, 6) is 0.366. The fourth-order valence-corrected chi connectivity index (χ4v) is 3.66. The number of phenols is 1. The summed E-state index contributed by atoms with van der Waals surface area (Å²) in [7, 11) is 0. The van der Waals surface area contributed by atoms with Gasteiger partial charge in [0.1, 0.15) is 25.2 Å². The van der Waals surface area contributed by atoms with Gasteiger partial charge in [0.25, 0.3) is 11.8 Å². The SMILES string of the molecule is C=O.C=O.Cc1ccc(C(=O)Nc2ccc(-c3nc4ccc(C(=O)Nc5ccc(O)cc5)cc4[nH]3)cc2)cc1. The number of carbonyl (C=O) groups is 4. The van der Waals surface area contributed by atoms with Crippen molar-refractivity contribution in [3.63, 3.8) is 0 Å². The molecule has 0 atom stereocenters. The summed E-state index contributed by atoms with van der Waals surface area (Å²) in [4.78, 5) is 48.9. The molecule has 0 radical (unpaired) electrons. The van der Waals surface area contributed by atoms with Crippen LogP contribution in [0.1, 0.15) is 26.3 Å². The van der Waals surface area contributed by atoms with Crippen LogP contribution < -0.4 is 10.6 Å². The van der Waals surface area contributed by atoms with Crippen molar-refractivity contribution in [1.29, 1.82) is 0 Å². The number of carbonyl (C=O) groups excluding carboxylic acids is 4. The van der Waals surface area contributed by atoms with E-state index in [1.165, 1.54) is 12.1 Å². The van der Waals surface area contributed by atoms with Crippen LogP contribution in [0.25, 0.3) is 22.4 Å². The third kappa shape index (κ3) is 7.01. The van der Waals surface area contributed by atoms with Crippen molar-refractivity contribution in [2.24, 2.45) is 0 Å². The summed E-state index contributed by atoms with van der Waals surface area (Å²) in [6.07, 6.45) is 0. The number of anilines is 2. The quantitative estimate of drug-likeness (QED) is 0.228. The molecular weight excluding hydrogens is 496 g/mol. The Balaban J connectivity index is 0.00000100. The average molecular weight is 523 g/mol. The average Bonchev–Trinajstić information content (AvgIpc) is 3.41. The molecular formula is C30H26N4O5. The van der Waals surface area contributed by atoms with E-state index in [-0.39, 0.29) is 17.6 Å². The van der Waals surface area contributed by atoms with E-state index in [0.29, 0.717) is 28.3 Å². The second kappa shape index (κ2) is 13.1. The second-order valence-electron chi connectivity index (χ2n) is 8.22.